The Labute approximate surface area is 197 Å². The van der Waals surface area contributed by atoms with Crippen LogP contribution in [0.2, 0.25) is 0 Å². The number of anilines is 1. The zero-order valence-electron chi connectivity index (χ0n) is 19.2. The molecule has 1 fully saturated rings. The van der Waals surface area contributed by atoms with Gasteiger partial charge in [0, 0.05) is 0 Å². The van der Waals surface area contributed by atoms with Gasteiger partial charge in [-0.2, -0.15) is 0 Å². The van der Waals surface area contributed by atoms with E-state index >= 15 is 0 Å². The Hall–Kier alpha value is -2.74. The van der Waals surface area contributed by atoms with Crippen LogP contribution in [-0.2, 0) is 14.3 Å². The van der Waals surface area contributed by atoms with Gasteiger partial charge < -0.3 is 9.47 Å². The third-order valence-corrected chi connectivity index (χ3v) is 7.46. The molecule has 2 aromatic rings. The molecule has 0 spiro atoms. The van der Waals surface area contributed by atoms with Gasteiger partial charge in [0.05, 0.1) is 24.1 Å². The first-order valence-corrected chi connectivity index (χ1v) is 12.6. The van der Waals surface area contributed by atoms with Gasteiger partial charge in [0.15, 0.2) is 11.5 Å². The molecule has 1 aromatic heterocycles. The minimum absolute atomic E-state index is 0.0363. The van der Waals surface area contributed by atoms with E-state index in [0.717, 1.165) is 48.4 Å². The number of benzene rings is 1. The summed E-state index contributed by atoms with van der Waals surface area (Å²) < 4.78 is 12.2. The standard InChI is InChI=1S/C25H29N3O4S/c1-14(2)11-12-31-17-8-6-7-16(13-17)21-20-22(29)18-9-4-5-10-19(18)32-23(20)24(30)28(21)25-27-26-15(3)33-25/h6-8,13-14,18-19,21H,4-5,9-12H2,1-3H3. The van der Waals surface area contributed by atoms with E-state index in [4.69, 9.17) is 9.47 Å². The number of hydrogen-bond donors (Lipinski definition) is 0. The molecule has 7 nitrogen and oxygen atoms in total. The lowest BCUT2D eigenvalue weighted by atomic mass is 9.77. The molecule has 174 valence electrons. The second-order valence-electron chi connectivity index (χ2n) is 9.44. The van der Waals surface area contributed by atoms with Crippen LogP contribution in [0.25, 0.3) is 0 Å². The Morgan fingerprint density at radius 1 is 1.21 bits per heavy atom. The molecule has 3 aliphatic rings. The molecule has 33 heavy (non-hydrogen) atoms. The van der Waals surface area contributed by atoms with Crippen LogP contribution in [0.15, 0.2) is 35.6 Å². The first-order chi connectivity index (χ1) is 15.9. The summed E-state index contributed by atoms with van der Waals surface area (Å²) in [4.78, 5) is 28.9. The van der Waals surface area contributed by atoms with Crippen molar-refractivity contribution in [3.63, 3.8) is 0 Å². The van der Waals surface area contributed by atoms with Gasteiger partial charge in [-0.15, -0.1) is 10.2 Å². The van der Waals surface area contributed by atoms with Crippen LogP contribution in [-0.4, -0.2) is 34.6 Å². The number of aromatic nitrogens is 2. The minimum Gasteiger partial charge on any atom is -0.494 e. The lowest BCUT2D eigenvalue weighted by Gasteiger charge is -2.35. The van der Waals surface area contributed by atoms with Crippen molar-refractivity contribution >= 4 is 28.2 Å². The number of Topliss-reactive ketones (excluding diaryl/α,β-unsaturated/α-hetero) is 1. The highest BCUT2D eigenvalue weighted by Crippen LogP contribution is 2.49. The van der Waals surface area contributed by atoms with E-state index in [-0.39, 0.29) is 29.5 Å². The van der Waals surface area contributed by atoms with Gasteiger partial charge >= 0.3 is 0 Å². The van der Waals surface area contributed by atoms with Crippen LogP contribution in [0.1, 0.15) is 62.6 Å². The maximum atomic E-state index is 13.7. The molecule has 3 heterocycles. The molecule has 1 saturated carbocycles. The molecule has 3 atom stereocenters. The highest BCUT2D eigenvalue weighted by molar-refractivity contribution is 7.15. The van der Waals surface area contributed by atoms with Gasteiger partial charge in [0.2, 0.25) is 5.13 Å². The second-order valence-corrected chi connectivity index (χ2v) is 10.6. The third-order valence-electron chi connectivity index (χ3n) is 6.62. The van der Waals surface area contributed by atoms with Crippen LogP contribution >= 0.6 is 11.3 Å². The number of amides is 1. The molecule has 2 aliphatic heterocycles. The van der Waals surface area contributed by atoms with Crippen molar-refractivity contribution in [2.24, 2.45) is 11.8 Å². The fourth-order valence-corrected chi connectivity index (χ4v) is 5.64. The number of nitrogens with zero attached hydrogens (tertiary/aromatic N) is 3. The van der Waals surface area contributed by atoms with Crippen molar-refractivity contribution in [1.29, 1.82) is 0 Å². The summed E-state index contributed by atoms with van der Waals surface area (Å²) in [6, 6.07) is 7.08. The summed E-state index contributed by atoms with van der Waals surface area (Å²) in [6.07, 6.45) is 4.38. The van der Waals surface area contributed by atoms with Crippen molar-refractivity contribution < 1.29 is 19.1 Å². The van der Waals surface area contributed by atoms with Crippen LogP contribution in [0, 0.1) is 18.8 Å². The largest absolute Gasteiger partial charge is 0.494 e. The predicted molar refractivity (Wildman–Crippen MR) is 125 cm³/mol. The molecule has 5 rings (SSSR count). The number of carbonyl (C=O) groups is 2. The first-order valence-electron chi connectivity index (χ1n) is 11.8. The normalized spacial score (nSPS) is 24.7. The van der Waals surface area contributed by atoms with Gasteiger partial charge in [-0.3, -0.25) is 14.5 Å². The Kier molecular flexibility index (Phi) is 5.95. The molecule has 0 radical (unpaired) electrons. The van der Waals surface area contributed by atoms with E-state index in [1.807, 2.05) is 31.2 Å². The Morgan fingerprint density at radius 2 is 2.03 bits per heavy atom. The second kappa shape index (κ2) is 8.89. The molecule has 0 saturated heterocycles. The number of fused-ring (bicyclic) bond motifs is 1. The SMILES string of the molecule is Cc1nnc(N2C(=O)C3=C(C(=O)C4CCCCC4O3)C2c2cccc(OCCC(C)C)c2)s1. The number of rotatable bonds is 6. The molecular weight excluding hydrogens is 438 g/mol. The van der Waals surface area contributed by atoms with E-state index in [1.165, 1.54) is 11.3 Å². The summed E-state index contributed by atoms with van der Waals surface area (Å²) in [7, 11) is 0. The lowest BCUT2D eigenvalue weighted by Crippen LogP contribution is -2.39. The topological polar surface area (TPSA) is 81.6 Å². The van der Waals surface area contributed by atoms with E-state index in [9.17, 15) is 9.59 Å². The summed E-state index contributed by atoms with van der Waals surface area (Å²) in [5.41, 5.74) is 1.27. The van der Waals surface area contributed by atoms with E-state index in [2.05, 4.69) is 24.0 Å². The summed E-state index contributed by atoms with van der Waals surface area (Å²) in [5, 5.41) is 9.58. The monoisotopic (exact) mass is 467 g/mol. The van der Waals surface area contributed by atoms with Gasteiger partial charge in [-0.1, -0.05) is 43.7 Å². The highest BCUT2D eigenvalue weighted by atomic mass is 32.1. The molecule has 1 aliphatic carbocycles. The van der Waals surface area contributed by atoms with Crippen molar-refractivity contribution in [3.8, 4) is 5.75 Å². The third kappa shape index (κ3) is 4.05. The maximum absolute atomic E-state index is 13.7. The van der Waals surface area contributed by atoms with Crippen molar-refractivity contribution in [2.75, 3.05) is 11.5 Å². The first kappa shape index (κ1) is 22.1. The van der Waals surface area contributed by atoms with Crippen LogP contribution < -0.4 is 9.64 Å². The smallest absolute Gasteiger partial charge is 0.296 e. The molecule has 8 heteroatoms. The predicted octanol–water partition coefficient (Wildman–Crippen LogP) is 4.77. The maximum Gasteiger partial charge on any atom is 0.296 e. The van der Waals surface area contributed by atoms with Gasteiger partial charge in [-0.25, -0.2) is 0 Å². The van der Waals surface area contributed by atoms with Crippen LogP contribution in [0.5, 0.6) is 5.75 Å². The zero-order chi connectivity index (χ0) is 23.1. The summed E-state index contributed by atoms with van der Waals surface area (Å²) in [5.74, 6) is 0.998. The number of hydrogen-bond acceptors (Lipinski definition) is 7. The molecule has 1 aromatic carbocycles. The van der Waals surface area contributed by atoms with E-state index < -0.39 is 6.04 Å². The number of ether oxygens (including phenoxy) is 2. The molecule has 0 N–H and O–H groups in total. The molecular formula is C25H29N3O4S. The Morgan fingerprint density at radius 3 is 2.79 bits per heavy atom. The zero-order valence-corrected chi connectivity index (χ0v) is 20.1. The Balaban J connectivity index is 1.55. The fourth-order valence-electron chi connectivity index (χ4n) is 4.93. The fraction of sp³-hybridized carbons (Fsp3) is 0.520. The van der Waals surface area contributed by atoms with Crippen molar-refractivity contribution in [1.82, 2.24) is 10.2 Å². The summed E-state index contributed by atoms with van der Waals surface area (Å²) in [6.45, 7) is 6.79. The molecule has 0 bridgehead atoms. The minimum atomic E-state index is -0.594. The van der Waals surface area contributed by atoms with Gasteiger partial charge in [-0.05, 0) is 56.2 Å². The van der Waals surface area contributed by atoms with Gasteiger partial charge in [0.1, 0.15) is 16.9 Å². The average Bonchev–Trinajstić information content (AvgIpc) is 3.35. The Bertz CT molecular complexity index is 1110. The van der Waals surface area contributed by atoms with Crippen LogP contribution in [0.4, 0.5) is 5.13 Å². The van der Waals surface area contributed by atoms with E-state index in [0.29, 0.717) is 23.2 Å². The molecule has 1 amide bonds. The number of aryl methyl sites for hydroxylation is 1. The van der Waals surface area contributed by atoms with Gasteiger partial charge in [0.25, 0.3) is 5.91 Å². The lowest BCUT2D eigenvalue weighted by molar-refractivity contribution is -0.131. The van der Waals surface area contributed by atoms with Crippen LogP contribution in [0.3, 0.4) is 0 Å². The number of carbonyl (C=O) groups excluding carboxylic acids is 2. The quantitative estimate of drug-likeness (QED) is 0.609. The van der Waals surface area contributed by atoms with Crippen molar-refractivity contribution in [3.05, 3.63) is 46.2 Å². The summed E-state index contributed by atoms with van der Waals surface area (Å²) >= 11 is 1.34. The molecule has 3 unspecified atom stereocenters. The highest BCUT2D eigenvalue weighted by Gasteiger charge is 2.53. The van der Waals surface area contributed by atoms with E-state index in [1.54, 1.807) is 4.90 Å². The number of ketones is 1. The average molecular weight is 468 g/mol. The van der Waals surface area contributed by atoms with Crippen molar-refractivity contribution in [2.45, 2.75) is 65.0 Å².